The third-order valence-corrected chi connectivity index (χ3v) is 4.61. The molecule has 3 aromatic rings. The van der Waals surface area contributed by atoms with Crippen LogP contribution < -0.4 is 20.9 Å². The van der Waals surface area contributed by atoms with E-state index in [1.807, 2.05) is 0 Å². The van der Waals surface area contributed by atoms with Gasteiger partial charge in [0.15, 0.2) is 23.1 Å². The Kier molecular flexibility index (Phi) is 6.83. The van der Waals surface area contributed by atoms with Crippen molar-refractivity contribution in [2.45, 2.75) is 18.5 Å². The van der Waals surface area contributed by atoms with E-state index in [0.29, 0.717) is 12.1 Å². The van der Waals surface area contributed by atoms with Crippen molar-refractivity contribution in [2.24, 2.45) is 0 Å². The molecule has 0 aromatic heterocycles. The number of halogens is 12. The Labute approximate surface area is 198 Å². The van der Waals surface area contributed by atoms with E-state index in [-0.39, 0.29) is 24.3 Å². The summed E-state index contributed by atoms with van der Waals surface area (Å²) in [5.74, 6) is -12.9. The number of benzene rings is 3. The van der Waals surface area contributed by atoms with Crippen LogP contribution in [0.4, 0.5) is 64.1 Å². The molecule has 37 heavy (non-hydrogen) atoms. The molecule has 4 nitrogen and oxygen atoms in total. The van der Waals surface area contributed by atoms with Gasteiger partial charge in [0.1, 0.15) is 34.0 Å². The van der Waals surface area contributed by atoms with Crippen molar-refractivity contribution in [3.63, 3.8) is 0 Å². The van der Waals surface area contributed by atoms with E-state index in [9.17, 15) is 52.7 Å². The van der Waals surface area contributed by atoms with E-state index in [0.717, 1.165) is 0 Å². The molecule has 0 aliphatic carbocycles. The van der Waals surface area contributed by atoms with Gasteiger partial charge in [-0.1, -0.05) is 0 Å². The van der Waals surface area contributed by atoms with Gasteiger partial charge in [0.05, 0.1) is 11.4 Å². The molecule has 16 heteroatoms. The van der Waals surface area contributed by atoms with Crippen LogP contribution in [0.2, 0.25) is 0 Å². The molecule has 0 aliphatic rings. The van der Waals surface area contributed by atoms with Crippen LogP contribution in [0.25, 0.3) is 0 Å². The first-order valence-electron chi connectivity index (χ1n) is 9.39. The second-order valence-corrected chi connectivity index (χ2v) is 7.17. The number of nitrogen functional groups attached to an aromatic ring is 2. The number of alkyl halides is 9. The number of hydrogen-bond donors (Lipinski definition) is 2. The molecule has 3 aromatic carbocycles. The Morgan fingerprint density at radius 2 is 1.00 bits per heavy atom. The van der Waals surface area contributed by atoms with Gasteiger partial charge in [0.25, 0.3) is 0 Å². The molecule has 0 amide bonds. The zero-order valence-electron chi connectivity index (χ0n) is 17.5. The maximum absolute atomic E-state index is 14.5. The number of hydrogen-bond acceptors (Lipinski definition) is 4. The number of rotatable bonds is 4. The molecular weight excluding hydrogens is 540 g/mol. The van der Waals surface area contributed by atoms with Crippen molar-refractivity contribution in [1.29, 1.82) is 0 Å². The summed E-state index contributed by atoms with van der Waals surface area (Å²) in [5.41, 5.74) is 2.30. The van der Waals surface area contributed by atoms with Crippen molar-refractivity contribution in [3.05, 3.63) is 70.5 Å². The molecule has 0 radical (unpaired) electrons. The molecule has 0 heterocycles. The Hall–Kier alpha value is -3.98. The van der Waals surface area contributed by atoms with Gasteiger partial charge < -0.3 is 20.9 Å². The monoisotopic (exact) mass is 550 g/mol. The topological polar surface area (TPSA) is 70.5 Å². The zero-order valence-corrected chi connectivity index (χ0v) is 17.5. The highest BCUT2D eigenvalue weighted by atomic mass is 19.4. The Morgan fingerprint density at radius 1 is 0.568 bits per heavy atom. The predicted octanol–water partition coefficient (Wildman–Crippen LogP) is 7.91. The van der Waals surface area contributed by atoms with Gasteiger partial charge in [-0.2, -0.15) is 39.5 Å². The normalized spacial score (nSPS) is 12.5. The number of ether oxygens (including phenoxy) is 2. The molecule has 0 fully saturated rings. The second kappa shape index (κ2) is 9.15. The molecule has 0 aliphatic heterocycles. The van der Waals surface area contributed by atoms with Gasteiger partial charge in [-0.3, -0.25) is 0 Å². The van der Waals surface area contributed by atoms with Crippen LogP contribution in [0, 0.1) is 17.5 Å². The van der Waals surface area contributed by atoms with E-state index >= 15 is 0 Å². The van der Waals surface area contributed by atoms with Gasteiger partial charge in [0.2, 0.25) is 0 Å². The van der Waals surface area contributed by atoms with Crippen LogP contribution in [0.1, 0.15) is 16.7 Å². The summed E-state index contributed by atoms with van der Waals surface area (Å²) in [4.78, 5) is 0. The van der Waals surface area contributed by atoms with Crippen molar-refractivity contribution >= 4 is 11.4 Å². The average molecular weight is 550 g/mol. The lowest BCUT2D eigenvalue weighted by Gasteiger charge is -2.20. The quantitative estimate of drug-likeness (QED) is 0.256. The first kappa shape index (κ1) is 27.6. The lowest BCUT2D eigenvalue weighted by atomic mass is 10.1. The fraction of sp³-hybridized carbons (Fsp3) is 0.143. The molecular formula is C21H10F12N2O2. The minimum atomic E-state index is -5.67. The van der Waals surface area contributed by atoms with E-state index in [1.165, 1.54) is 0 Å². The molecule has 4 N–H and O–H groups in total. The van der Waals surface area contributed by atoms with Crippen LogP contribution in [-0.4, -0.2) is 0 Å². The summed E-state index contributed by atoms with van der Waals surface area (Å²) in [7, 11) is 0. The number of anilines is 2. The Bertz CT molecular complexity index is 1350. The van der Waals surface area contributed by atoms with Crippen LogP contribution in [0.5, 0.6) is 23.0 Å². The molecule has 3 rings (SSSR count). The lowest BCUT2D eigenvalue weighted by molar-refractivity contribution is -0.141. The highest BCUT2D eigenvalue weighted by Gasteiger charge is 2.42. The van der Waals surface area contributed by atoms with Gasteiger partial charge in [0, 0.05) is 12.1 Å². The molecule has 0 spiro atoms. The maximum atomic E-state index is 14.5. The van der Waals surface area contributed by atoms with Crippen LogP contribution >= 0.6 is 0 Å². The van der Waals surface area contributed by atoms with E-state index in [4.69, 9.17) is 11.5 Å². The van der Waals surface area contributed by atoms with E-state index in [2.05, 4.69) is 9.47 Å². The van der Waals surface area contributed by atoms with Crippen LogP contribution in [0.3, 0.4) is 0 Å². The largest absolute Gasteiger partial charge is 0.453 e. The molecule has 200 valence electrons. The molecule has 0 atom stereocenters. The van der Waals surface area contributed by atoms with Gasteiger partial charge in [-0.15, -0.1) is 0 Å². The smallest absolute Gasteiger partial charge is 0.422 e. The predicted molar refractivity (Wildman–Crippen MR) is 103 cm³/mol. The summed E-state index contributed by atoms with van der Waals surface area (Å²) in [6.07, 6.45) is -16.4. The summed E-state index contributed by atoms with van der Waals surface area (Å²) in [5, 5.41) is 0. The minimum Gasteiger partial charge on any atom is -0.453 e. The third kappa shape index (κ3) is 5.56. The van der Waals surface area contributed by atoms with Gasteiger partial charge in [-0.25, -0.2) is 13.2 Å². The maximum Gasteiger partial charge on any atom is 0.422 e. The van der Waals surface area contributed by atoms with E-state index in [1.54, 1.807) is 0 Å². The van der Waals surface area contributed by atoms with Crippen molar-refractivity contribution in [3.8, 4) is 23.0 Å². The fourth-order valence-electron chi connectivity index (χ4n) is 2.99. The van der Waals surface area contributed by atoms with E-state index < -0.39 is 87.0 Å². The van der Waals surface area contributed by atoms with Crippen molar-refractivity contribution in [2.75, 3.05) is 11.5 Å². The molecule has 0 saturated carbocycles. The van der Waals surface area contributed by atoms with Crippen molar-refractivity contribution < 1.29 is 62.2 Å². The van der Waals surface area contributed by atoms with Crippen LogP contribution in [-0.2, 0) is 18.5 Å². The van der Waals surface area contributed by atoms with Crippen molar-refractivity contribution in [1.82, 2.24) is 0 Å². The fourth-order valence-corrected chi connectivity index (χ4v) is 2.99. The lowest BCUT2D eigenvalue weighted by Crippen LogP contribution is -2.14. The highest BCUT2D eigenvalue weighted by Crippen LogP contribution is 2.48. The van der Waals surface area contributed by atoms with Gasteiger partial charge >= 0.3 is 18.5 Å². The molecule has 0 unspecified atom stereocenters. The summed E-state index contributed by atoms with van der Waals surface area (Å²) in [6, 6.07) is 1.18. The Morgan fingerprint density at radius 3 is 1.41 bits per heavy atom. The average Bonchev–Trinajstić information content (AvgIpc) is 2.71. The summed E-state index contributed by atoms with van der Waals surface area (Å²) >= 11 is 0. The summed E-state index contributed by atoms with van der Waals surface area (Å²) in [6.45, 7) is 0. The first-order valence-corrected chi connectivity index (χ1v) is 9.39. The zero-order chi connectivity index (χ0) is 28.1. The SMILES string of the molecule is Nc1ccc(C(F)(F)F)c(Oc2cc(F)c(C(F)(F)F)c(Oc3c(C(F)(F)F)ccc(N)c3F)c2)c1F. The second-order valence-electron chi connectivity index (χ2n) is 7.17. The number of nitrogens with two attached hydrogens (primary N) is 2. The standard InChI is InChI=1S/C21H10F12N2O2/c22-10-5-7(36-17-8(19(25,26)27)1-3-11(34)15(17)23)6-13(14(10)21(31,32)33)37-18-9(20(28,29)30)2-4-12(35)16(18)24/h1-6H,34-35H2. The molecule has 0 bridgehead atoms. The summed E-state index contributed by atoms with van der Waals surface area (Å²) < 4.78 is 173. The highest BCUT2D eigenvalue weighted by molar-refractivity contribution is 5.56. The third-order valence-electron chi connectivity index (χ3n) is 4.61. The molecule has 0 saturated heterocycles. The van der Waals surface area contributed by atoms with Crippen LogP contribution in [0.15, 0.2) is 36.4 Å². The van der Waals surface area contributed by atoms with Gasteiger partial charge in [-0.05, 0) is 24.3 Å². The minimum absolute atomic E-state index is 0.0164. The first-order chi connectivity index (χ1) is 16.8. The Balaban J connectivity index is 2.25.